The summed E-state index contributed by atoms with van der Waals surface area (Å²) in [6.07, 6.45) is 0.588. The number of nitrogens with one attached hydrogen (secondary N) is 1. The minimum atomic E-state index is -3.78. The van der Waals surface area contributed by atoms with E-state index < -0.39 is 21.0 Å². The summed E-state index contributed by atoms with van der Waals surface area (Å²) in [6, 6.07) is 14.5. The van der Waals surface area contributed by atoms with Crippen LogP contribution in [0.15, 0.2) is 48.5 Å². The Morgan fingerprint density at radius 2 is 1.80 bits per heavy atom. The van der Waals surface area contributed by atoms with Gasteiger partial charge in [-0.15, -0.1) is 0 Å². The van der Waals surface area contributed by atoms with Gasteiger partial charge in [-0.2, -0.15) is 0 Å². The lowest BCUT2D eigenvalue weighted by atomic mass is 10.0. The van der Waals surface area contributed by atoms with Crippen LogP contribution < -0.4 is 10.1 Å². The third-order valence-electron chi connectivity index (χ3n) is 5.36. The lowest BCUT2D eigenvalue weighted by molar-refractivity contribution is -0.121. The minimum Gasteiger partial charge on any atom is -0.493 e. The first-order chi connectivity index (χ1) is 14.3. The van der Waals surface area contributed by atoms with Gasteiger partial charge in [0.2, 0.25) is 5.91 Å². The summed E-state index contributed by atoms with van der Waals surface area (Å²) in [6.45, 7) is 3.61. The monoisotopic (exact) mass is 425 g/mol. The van der Waals surface area contributed by atoms with E-state index in [0.29, 0.717) is 41.2 Å². The van der Waals surface area contributed by atoms with Gasteiger partial charge in [-0.25, -0.2) is 18.4 Å². The fourth-order valence-electron chi connectivity index (χ4n) is 3.52. The molecule has 1 amide bonds. The van der Waals surface area contributed by atoms with Gasteiger partial charge in [-0.05, 0) is 32.0 Å². The van der Waals surface area contributed by atoms with Crippen LogP contribution in [0.1, 0.15) is 36.3 Å². The van der Waals surface area contributed by atoms with Crippen molar-refractivity contribution in [3.63, 3.8) is 0 Å². The maximum Gasteiger partial charge on any atom is 0.238 e. The zero-order valence-electron chi connectivity index (χ0n) is 16.8. The summed E-state index contributed by atoms with van der Waals surface area (Å²) in [7, 11) is -3.78. The van der Waals surface area contributed by atoms with Crippen molar-refractivity contribution in [1.29, 1.82) is 0 Å². The highest BCUT2D eigenvalue weighted by Crippen LogP contribution is 2.31. The van der Waals surface area contributed by atoms with Crippen LogP contribution in [-0.2, 0) is 20.4 Å². The van der Waals surface area contributed by atoms with Gasteiger partial charge in [-0.1, -0.05) is 30.3 Å². The number of nitrogens with zero attached hydrogens (tertiary/aromatic N) is 2. The number of sulfone groups is 1. The van der Waals surface area contributed by atoms with Crippen molar-refractivity contribution in [2.24, 2.45) is 0 Å². The Kier molecular flexibility index (Phi) is 5.42. The van der Waals surface area contributed by atoms with Gasteiger partial charge in [0.15, 0.2) is 9.84 Å². The number of hydrogen-bond acceptors (Lipinski definition) is 6. The van der Waals surface area contributed by atoms with E-state index in [2.05, 4.69) is 15.3 Å². The molecule has 0 bridgehead atoms. The summed E-state index contributed by atoms with van der Waals surface area (Å²) in [5.41, 5.74) is 3.11. The van der Waals surface area contributed by atoms with Crippen molar-refractivity contribution in [2.75, 3.05) is 6.61 Å². The molecule has 0 saturated heterocycles. The number of carbonyl (C=O) groups is 1. The summed E-state index contributed by atoms with van der Waals surface area (Å²) in [5, 5.41) is 1.67. The van der Waals surface area contributed by atoms with Crippen LogP contribution in [0.25, 0.3) is 11.0 Å². The number of amides is 1. The number of ether oxygens (including phenoxy) is 1. The van der Waals surface area contributed by atoms with Crippen LogP contribution in [0, 0.1) is 6.92 Å². The highest BCUT2D eigenvalue weighted by Gasteiger charge is 2.32. The van der Waals surface area contributed by atoms with Gasteiger partial charge in [0.05, 0.1) is 40.8 Å². The van der Waals surface area contributed by atoms with Gasteiger partial charge in [0.25, 0.3) is 0 Å². The topological polar surface area (TPSA) is 98.3 Å². The molecule has 30 heavy (non-hydrogen) atoms. The highest BCUT2D eigenvalue weighted by atomic mass is 32.2. The standard InChI is InChI=1S/C22H23N3O4S/c1-14-20(24-19-9-5-4-8-18(19)23-14)13-30(27,28)15(2)22(26)25-17-11-12-29-21-10-6-3-7-16(17)21/h3-10,15,17H,11-13H2,1-2H3,(H,25,26). The number of para-hydroxylation sites is 3. The molecule has 1 aromatic heterocycles. The van der Waals surface area contributed by atoms with Crippen LogP contribution in [-0.4, -0.2) is 36.1 Å². The van der Waals surface area contributed by atoms with E-state index in [9.17, 15) is 13.2 Å². The van der Waals surface area contributed by atoms with E-state index in [1.165, 1.54) is 6.92 Å². The van der Waals surface area contributed by atoms with E-state index in [0.717, 1.165) is 5.56 Å². The summed E-state index contributed by atoms with van der Waals surface area (Å²) >= 11 is 0. The van der Waals surface area contributed by atoms with E-state index in [4.69, 9.17) is 4.74 Å². The maximum atomic E-state index is 13.0. The largest absolute Gasteiger partial charge is 0.493 e. The first-order valence-corrected chi connectivity index (χ1v) is 11.5. The van der Waals surface area contributed by atoms with Gasteiger partial charge >= 0.3 is 0 Å². The number of hydrogen-bond donors (Lipinski definition) is 1. The van der Waals surface area contributed by atoms with E-state index in [-0.39, 0.29) is 11.8 Å². The van der Waals surface area contributed by atoms with Crippen molar-refractivity contribution in [3.8, 4) is 5.75 Å². The normalized spacial score (nSPS) is 17.1. The Balaban J connectivity index is 1.52. The quantitative estimate of drug-likeness (QED) is 0.675. The Morgan fingerprint density at radius 1 is 1.13 bits per heavy atom. The zero-order valence-corrected chi connectivity index (χ0v) is 17.6. The number of aromatic nitrogens is 2. The van der Waals surface area contributed by atoms with E-state index >= 15 is 0 Å². The second-order valence-corrected chi connectivity index (χ2v) is 9.75. The maximum absolute atomic E-state index is 13.0. The first-order valence-electron chi connectivity index (χ1n) is 9.81. The molecule has 8 heteroatoms. The molecule has 1 aliphatic rings. The molecule has 1 N–H and O–H groups in total. The molecule has 2 heterocycles. The SMILES string of the molecule is Cc1nc2ccccc2nc1CS(=O)(=O)C(C)C(=O)NC1CCOc2ccccc21. The third kappa shape index (κ3) is 4.00. The molecule has 1 aliphatic heterocycles. The van der Waals surface area contributed by atoms with Crippen molar-refractivity contribution in [1.82, 2.24) is 15.3 Å². The molecule has 7 nitrogen and oxygen atoms in total. The molecule has 2 aromatic carbocycles. The molecule has 0 radical (unpaired) electrons. The van der Waals surface area contributed by atoms with Crippen LogP contribution in [0.4, 0.5) is 0 Å². The third-order valence-corrected chi connectivity index (χ3v) is 7.33. The van der Waals surface area contributed by atoms with Gasteiger partial charge < -0.3 is 10.1 Å². The summed E-state index contributed by atoms with van der Waals surface area (Å²) < 4.78 is 31.5. The molecule has 3 aromatic rings. The van der Waals surface area contributed by atoms with E-state index in [1.807, 2.05) is 42.5 Å². The summed E-state index contributed by atoms with van der Waals surface area (Å²) in [5.74, 6) is -0.148. The van der Waals surface area contributed by atoms with Crippen molar-refractivity contribution >= 4 is 26.8 Å². The molecule has 0 fully saturated rings. The van der Waals surface area contributed by atoms with Gasteiger partial charge in [-0.3, -0.25) is 4.79 Å². The molecule has 0 spiro atoms. The predicted molar refractivity (Wildman–Crippen MR) is 114 cm³/mol. The Morgan fingerprint density at radius 3 is 2.57 bits per heavy atom. The van der Waals surface area contributed by atoms with Crippen LogP contribution in [0.5, 0.6) is 5.75 Å². The van der Waals surface area contributed by atoms with Crippen molar-refractivity contribution in [2.45, 2.75) is 37.3 Å². The number of benzene rings is 2. The average molecular weight is 426 g/mol. The van der Waals surface area contributed by atoms with E-state index in [1.54, 1.807) is 13.0 Å². The number of carbonyl (C=O) groups excluding carboxylic acids is 1. The Hall–Kier alpha value is -3.00. The molecular formula is C22H23N3O4S. The van der Waals surface area contributed by atoms with Gasteiger partial charge in [0.1, 0.15) is 11.0 Å². The second kappa shape index (κ2) is 8.02. The Bertz CT molecular complexity index is 1210. The molecule has 0 aliphatic carbocycles. The second-order valence-electron chi connectivity index (χ2n) is 7.43. The molecular weight excluding hydrogens is 402 g/mol. The zero-order chi connectivity index (χ0) is 21.3. The smallest absolute Gasteiger partial charge is 0.238 e. The lowest BCUT2D eigenvalue weighted by Crippen LogP contribution is -2.41. The predicted octanol–water partition coefficient (Wildman–Crippen LogP) is 2.88. The molecule has 4 rings (SSSR count). The average Bonchev–Trinajstić information content (AvgIpc) is 2.74. The minimum absolute atomic E-state index is 0.276. The van der Waals surface area contributed by atoms with Crippen LogP contribution >= 0.6 is 0 Å². The van der Waals surface area contributed by atoms with Crippen LogP contribution in [0.2, 0.25) is 0 Å². The van der Waals surface area contributed by atoms with Crippen LogP contribution in [0.3, 0.4) is 0 Å². The highest BCUT2D eigenvalue weighted by molar-refractivity contribution is 7.92. The molecule has 2 atom stereocenters. The molecule has 156 valence electrons. The fourth-order valence-corrected chi connectivity index (χ4v) is 4.82. The van der Waals surface area contributed by atoms with Crippen molar-refractivity contribution < 1.29 is 17.9 Å². The number of fused-ring (bicyclic) bond motifs is 2. The number of aryl methyl sites for hydroxylation is 1. The van der Waals surface area contributed by atoms with Gasteiger partial charge in [0, 0.05) is 12.0 Å². The summed E-state index contributed by atoms with van der Waals surface area (Å²) in [4.78, 5) is 21.7. The molecule has 0 saturated carbocycles. The Labute approximate surface area is 175 Å². The fraction of sp³-hybridized carbons (Fsp3) is 0.318. The van der Waals surface area contributed by atoms with Crippen molar-refractivity contribution in [3.05, 3.63) is 65.5 Å². The number of rotatable bonds is 5. The lowest BCUT2D eigenvalue weighted by Gasteiger charge is -2.27. The molecule has 2 unspecified atom stereocenters. The first kappa shape index (κ1) is 20.3.